The first kappa shape index (κ1) is 14.0. The lowest BCUT2D eigenvalue weighted by Crippen LogP contribution is -2.28. The summed E-state index contributed by atoms with van der Waals surface area (Å²) in [5, 5.41) is 14.7. The standard InChI is InChI=1S/C14H19N3O/c1-10(2)17-13-7-5-4-6-12(13)14(18)16-9-11(3)8-15/h4-7,10-11,17H,9H2,1-3H3,(H,16,18). The Hall–Kier alpha value is -2.02. The summed E-state index contributed by atoms with van der Waals surface area (Å²) in [6.45, 7) is 6.18. The molecule has 2 N–H and O–H groups in total. The van der Waals surface area contributed by atoms with Crippen LogP contribution in [0.25, 0.3) is 0 Å². The lowest BCUT2D eigenvalue weighted by molar-refractivity contribution is 0.0951. The van der Waals surface area contributed by atoms with Gasteiger partial charge in [-0.05, 0) is 32.9 Å². The number of hydrogen-bond donors (Lipinski definition) is 2. The van der Waals surface area contributed by atoms with Gasteiger partial charge in [0.25, 0.3) is 5.91 Å². The van der Waals surface area contributed by atoms with Crippen LogP contribution in [0.4, 0.5) is 5.69 Å². The summed E-state index contributed by atoms with van der Waals surface area (Å²) in [7, 11) is 0. The molecule has 0 aliphatic rings. The van der Waals surface area contributed by atoms with Crippen LogP contribution in [0.1, 0.15) is 31.1 Å². The van der Waals surface area contributed by atoms with Crippen molar-refractivity contribution in [2.24, 2.45) is 5.92 Å². The summed E-state index contributed by atoms with van der Waals surface area (Å²) in [6, 6.07) is 9.72. The second kappa shape index (κ2) is 6.65. The molecule has 1 atom stereocenters. The first-order valence-corrected chi connectivity index (χ1v) is 6.08. The topological polar surface area (TPSA) is 64.9 Å². The first-order valence-electron chi connectivity index (χ1n) is 6.08. The second-order valence-electron chi connectivity index (χ2n) is 4.58. The first-order chi connectivity index (χ1) is 8.54. The molecule has 0 saturated heterocycles. The third kappa shape index (κ3) is 4.10. The lowest BCUT2D eigenvalue weighted by atomic mass is 10.1. The van der Waals surface area contributed by atoms with Crippen molar-refractivity contribution in [3.63, 3.8) is 0 Å². The number of nitrogens with one attached hydrogen (secondary N) is 2. The van der Waals surface area contributed by atoms with Gasteiger partial charge in [-0.15, -0.1) is 0 Å². The lowest BCUT2D eigenvalue weighted by Gasteiger charge is -2.14. The number of rotatable bonds is 5. The highest BCUT2D eigenvalue weighted by Crippen LogP contribution is 2.15. The summed E-state index contributed by atoms with van der Waals surface area (Å²) in [4.78, 5) is 12.0. The molecule has 0 heterocycles. The van der Waals surface area contributed by atoms with E-state index in [1.165, 1.54) is 0 Å². The van der Waals surface area contributed by atoms with Crippen molar-refractivity contribution in [2.45, 2.75) is 26.8 Å². The van der Waals surface area contributed by atoms with E-state index in [2.05, 4.69) is 16.7 Å². The maximum absolute atomic E-state index is 12.0. The molecular weight excluding hydrogens is 226 g/mol. The van der Waals surface area contributed by atoms with Crippen LogP contribution in [0.5, 0.6) is 0 Å². The number of amides is 1. The van der Waals surface area contributed by atoms with Crippen molar-refractivity contribution >= 4 is 11.6 Å². The average molecular weight is 245 g/mol. The van der Waals surface area contributed by atoms with Gasteiger partial charge in [0.15, 0.2) is 0 Å². The Kier molecular flexibility index (Phi) is 5.19. The van der Waals surface area contributed by atoms with Crippen LogP contribution in [0.15, 0.2) is 24.3 Å². The summed E-state index contributed by atoms with van der Waals surface area (Å²) >= 11 is 0. The Bertz CT molecular complexity index is 449. The normalized spacial score (nSPS) is 11.7. The Morgan fingerprint density at radius 3 is 2.61 bits per heavy atom. The molecule has 96 valence electrons. The fourth-order valence-corrected chi connectivity index (χ4v) is 1.50. The molecule has 0 aliphatic heterocycles. The van der Waals surface area contributed by atoms with Gasteiger partial charge in [0.2, 0.25) is 0 Å². The van der Waals surface area contributed by atoms with E-state index in [0.29, 0.717) is 12.1 Å². The zero-order valence-electron chi connectivity index (χ0n) is 11.0. The van der Waals surface area contributed by atoms with Gasteiger partial charge in [-0.2, -0.15) is 5.26 Å². The minimum absolute atomic E-state index is 0.152. The molecule has 0 spiro atoms. The molecule has 0 saturated carbocycles. The number of para-hydroxylation sites is 1. The van der Waals surface area contributed by atoms with Crippen LogP contribution >= 0.6 is 0 Å². The highest BCUT2D eigenvalue weighted by atomic mass is 16.1. The fraction of sp³-hybridized carbons (Fsp3) is 0.429. The monoisotopic (exact) mass is 245 g/mol. The molecule has 1 amide bonds. The largest absolute Gasteiger partial charge is 0.382 e. The van der Waals surface area contributed by atoms with Crippen molar-refractivity contribution < 1.29 is 4.79 Å². The zero-order chi connectivity index (χ0) is 13.5. The molecule has 0 aliphatic carbocycles. The average Bonchev–Trinajstić information content (AvgIpc) is 2.35. The third-order valence-electron chi connectivity index (χ3n) is 2.41. The number of benzene rings is 1. The van der Waals surface area contributed by atoms with Gasteiger partial charge in [-0.3, -0.25) is 4.79 Å². The van der Waals surface area contributed by atoms with E-state index in [9.17, 15) is 4.79 Å². The Labute approximate surface area is 108 Å². The third-order valence-corrected chi connectivity index (χ3v) is 2.41. The Balaban J connectivity index is 2.76. The number of carbonyl (C=O) groups is 1. The molecule has 0 aromatic heterocycles. The number of carbonyl (C=O) groups excluding carboxylic acids is 1. The quantitative estimate of drug-likeness (QED) is 0.837. The van der Waals surface area contributed by atoms with Crippen LogP contribution in [-0.2, 0) is 0 Å². The van der Waals surface area contributed by atoms with Gasteiger partial charge in [-0.25, -0.2) is 0 Å². The highest BCUT2D eigenvalue weighted by molar-refractivity contribution is 5.99. The van der Waals surface area contributed by atoms with Crippen LogP contribution < -0.4 is 10.6 Å². The predicted molar refractivity (Wildman–Crippen MR) is 72.3 cm³/mol. The number of nitriles is 1. The molecule has 4 heteroatoms. The molecule has 4 nitrogen and oxygen atoms in total. The SMILES string of the molecule is CC(C#N)CNC(=O)c1ccccc1NC(C)C. The van der Waals surface area contributed by atoms with Gasteiger partial charge in [0.05, 0.1) is 17.6 Å². The van der Waals surface area contributed by atoms with Crippen molar-refractivity contribution in [1.82, 2.24) is 5.32 Å². The summed E-state index contributed by atoms with van der Waals surface area (Å²) in [5.74, 6) is -0.333. The molecule has 0 radical (unpaired) electrons. The highest BCUT2D eigenvalue weighted by Gasteiger charge is 2.12. The van der Waals surface area contributed by atoms with E-state index in [4.69, 9.17) is 5.26 Å². The molecule has 1 aromatic rings. The predicted octanol–water partition coefficient (Wildman–Crippen LogP) is 2.40. The number of anilines is 1. The van der Waals surface area contributed by atoms with Gasteiger partial charge >= 0.3 is 0 Å². The molecule has 1 rings (SSSR count). The molecule has 0 fully saturated rings. The van der Waals surface area contributed by atoms with Gasteiger partial charge < -0.3 is 10.6 Å². The maximum atomic E-state index is 12.0. The van der Waals surface area contributed by atoms with Crippen molar-refractivity contribution in [2.75, 3.05) is 11.9 Å². The fourth-order valence-electron chi connectivity index (χ4n) is 1.50. The number of nitrogens with zero attached hydrogens (tertiary/aromatic N) is 1. The summed E-state index contributed by atoms with van der Waals surface area (Å²) < 4.78 is 0. The van der Waals surface area contributed by atoms with Gasteiger partial charge in [-0.1, -0.05) is 12.1 Å². The minimum atomic E-state index is -0.181. The van der Waals surface area contributed by atoms with Crippen LogP contribution in [-0.4, -0.2) is 18.5 Å². The van der Waals surface area contributed by atoms with E-state index in [1.54, 1.807) is 13.0 Å². The van der Waals surface area contributed by atoms with Crippen LogP contribution in [0, 0.1) is 17.2 Å². The Morgan fingerprint density at radius 1 is 1.33 bits per heavy atom. The summed E-state index contributed by atoms with van der Waals surface area (Å²) in [6.07, 6.45) is 0. The maximum Gasteiger partial charge on any atom is 0.253 e. The van der Waals surface area contributed by atoms with E-state index in [1.807, 2.05) is 32.0 Å². The van der Waals surface area contributed by atoms with Gasteiger partial charge in [0, 0.05) is 18.3 Å². The van der Waals surface area contributed by atoms with Gasteiger partial charge in [0.1, 0.15) is 0 Å². The zero-order valence-corrected chi connectivity index (χ0v) is 11.0. The molecule has 1 aromatic carbocycles. The molecule has 1 unspecified atom stereocenters. The number of hydrogen-bond acceptors (Lipinski definition) is 3. The molecule has 0 bridgehead atoms. The molecule has 18 heavy (non-hydrogen) atoms. The summed E-state index contributed by atoms with van der Waals surface area (Å²) in [5.41, 5.74) is 1.42. The van der Waals surface area contributed by atoms with E-state index >= 15 is 0 Å². The molecular formula is C14H19N3O. The van der Waals surface area contributed by atoms with Crippen molar-refractivity contribution in [1.29, 1.82) is 5.26 Å². The van der Waals surface area contributed by atoms with E-state index in [-0.39, 0.29) is 17.9 Å². The van der Waals surface area contributed by atoms with Crippen molar-refractivity contribution in [3.05, 3.63) is 29.8 Å². The minimum Gasteiger partial charge on any atom is -0.382 e. The van der Waals surface area contributed by atoms with Crippen molar-refractivity contribution in [3.8, 4) is 6.07 Å². The second-order valence-corrected chi connectivity index (χ2v) is 4.58. The van der Waals surface area contributed by atoms with Crippen LogP contribution in [0.2, 0.25) is 0 Å². The Morgan fingerprint density at radius 2 is 2.00 bits per heavy atom. The smallest absolute Gasteiger partial charge is 0.253 e. The van der Waals surface area contributed by atoms with Crippen LogP contribution in [0.3, 0.4) is 0 Å². The van der Waals surface area contributed by atoms with E-state index in [0.717, 1.165) is 5.69 Å². The van der Waals surface area contributed by atoms with E-state index < -0.39 is 0 Å².